The minimum Gasteiger partial charge on any atom is -0.340 e. The first-order valence-corrected chi connectivity index (χ1v) is 8.30. The largest absolute Gasteiger partial charge is 0.435 e. The molecule has 134 valence electrons. The third-order valence-electron chi connectivity index (χ3n) is 4.50. The molecule has 7 heteroatoms. The van der Waals surface area contributed by atoms with Crippen molar-refractivity contribution in [2.75, 3.05) is 7.05 Å². The van der Waals surface area contributed by atoms with Crippen molar-refractivity contribution in [1.29, 1.82) is 0 Å². The lowest BCUT2D eigenvalue weighted by Gasteiger charge is -2.19. The van der Waals surface area contributed by atoms with Gasteiger partial charge in [-0.3, -0.25) is 9.48 Å². The topological polar surface area (TPSA) is 38.1 Å². The van der Waals surface area contributed by atoms with Crippen molar-refractivity contribution in [3.8, 4) is 0 Å². The first-order valence-electron chi connectivity index (χ1n) is 8.30. The zero-order valence-electron chi connectivity index (χ0n) is 14.0. The van der Waals surface area contributed by atoms with Crippen LogP contribution in [0.5, 0.6) is 0 Å². The van der Waals surface area contributed by atoms with Gasteiger partial charge in [0.25, 0.3) is 0 Å². The minimum absolute atomic E-state index is 0.165. The van der Waals surface area contributed by atoms with Gasteiger partial charge >= 0.3 is 6.18 Å². The summed E-state index contributed by atoms with van der Waals surface area (Å²) in [6, 6.07) is 9.46. The maximum atomic E-state index is 13.2. The predicted molar refractivity (Wildman–Crippen MR) is 86.8 cm³/mol. The van der Waals surface area contributed by atoms with Crippen molar-refractivity contribution in [2.45, 2.75) is 44.9 Å². The summed E-state index contributed by atoms with van der Waals surface area (Å²) in [6.45, 7) is 0.247. The van der Waals surface area contributed by atoms with E-state index in [2.05, 4.69) is 5.10 Å². The summed E-state index contributed by atoms with van der Waals surface area (Å²) in [5, 5.41) is 3.74. The summed E-state index contributed by atoms with van der Waals surface area (Å²) < 4.78 is 40.9. The van der Waals surface area contributed by atoms with Crippen LogP contribution in [0.1, 0.15) is 35.4 Å². The van der Waals surface area contributed by atoms with E-state index in [1.165, 1.54) is 9.58 Å². The lowest BCUT2D eigenvalue weighted by molar-refractivity contribution is -0.142. The van der Waals surface area contributed by atoms with Gasteiger partial charge in [0.05, 0.1) is 0 Å². The van der Waals surface area contributed by atoms with E-state index in [4.69, 9.17) is 0 Å². The molecule has 1 aliphatic rings. The fourth-order valence-corrected chi connectivity index (χ4v) is 3.22. The zero-order valence-corrected chi connectivity index (χ0v) is 14.0. The van der Waals surface area contributed by atoms with Crippen LogP contribution in [0.15, 0.2) is 30.3 Å². The van der Waals surface area contributed by atoms with Gasteiger partial charge < -0.3 is 4.90 Å². The molecular weight excluding hydrogens is 331 g/mol. The van der Waals surface area contributed by atoms with Crippen molar-refractivity contribution in [1.82, 2.24) is 14.7 Å². The Morgan fingerprint density at radius 2 is 1.88 bits per heavy atom. The summed E-state index contributed by atoms with van der Waals surface area (Å²) in [5.74, 6) is -0.256. The summed E-state index contributed by atoms with van der Waals surface area (Å²) in [4.78, 5) is 14.0. The second-order valence-corrected chi connectivity index (χ2v) is 6.37. The molecule has 1 heterocycles. The molecule has 0 saturated heterocycles. The number of hydrogen-bond donors (Lipinski definition) is 0. The number of carbonyl (C=O) groups excluding carboxylic acids is 1. The van der Waals surface area contributed by atoms with Crippen LogP contribution in [0.2, 0.25) is 0 Å². The number of aromatic nitrogens is 2. The number of fused-ring (bicyclic) bond motifs is 1. The monoisotopic (exact) mass is 351 g/mol. The van der Waals surface area contributed by atoms with Crippen LogP contribution in [-0.4, -0.2) is 27.6 Å². The van der Waals surface area contributed by atoms with Crippen LogP contribution in [0.4, 0.5) is 13.2 Å². The van der Waals surface area contributed by atoms with Crippen molar-refractivity contribution < 1.29 is 18.0 Å². The highest BCUT2D eigenvalue weighted by Crippen LogP contribution is 2.35. The highest BCUT2D eigenvalue weighted by molar-refractivity contribution is 5.75. The maximum absolute atomic E-state index is 13.2. The highest BCUT2D eigenvalue weighted by atomic mass is 19.4. The second kappa shape index (κ2) is 6.90. The Morgan fingerprint density at radius 3 is 2.56 bits per heavy atom. The predicted octanol–water partition coefficient (Wildman–Crippen LogP) is 3.44. The molecule has 1 aromatic carbocycles. The fraction of sp³-hybridized carbons (Fsp3) is 0.444. The van der Waals surface area contributed by atoms with Crippen molar-refractivity contribution in [3.63, 3.8) is 0 Å². The van der Waals surface area contributed by atoms with E-state index in [0.29, 0.717) is 25.1 Å². The van der Waals surface area contributed by atoms with Gasteiger partial charge in [0.1, 0.15) is 6.54 Å². The average molecular weight is 351 g/mol. The normalized spacial score (nSPS) is 14.2. The van der Waals surface area contributed by atoms with Crippen molar-refractivity contribution in [2.24, 2.45) is 0 Å². The molecule has 0 radical (unpaired) electrons. The Bertz CT molecular complexity index is 753. The summed E-state index contributed by atoms with van der Waals surface area (Å²) in [5.41, 5.74) is 0.954. The van der Waals surface area contributed by atoms with E-state index in [-0.39, 0.29) is 18.0 Å². The molecule has 0 atom stereocenters. The van der Waals surface area contributed by atoms with Crippen molar-refractivity contribution >= 4 is 5.91 Å². The Balaban J connectivity index is 1.78. The first-order chi connectivity index (χ1) is 11.9. The molecule has 2 aromatic rings. The number of nitrogens with zero attached hydrogens (tertiary/aromatic N) is 3. The Morgan fingerprint density at radius 1 is 1.20 bits per heavy atom. The lowest BCUT2D eigenvalue weighted by Crippen LogP contribution is -2.31. The molecule has 0 fully saturated rings. The van der Waals surface area contributed by atoms with Crippen LogP contribution >= 0.6 is 0 Å². The molecule has 3 rings (SSSR count). The third-order valence-corrected chi connectivity index (χ3v) is 4.50. The van der Waals surface area contributed by atoms with Gasteiger partial charge in [-0.05, 0) is 31.2 Å². The Labute approximate surface area is 144 Å². The number of halogens is 3. The molecule has 0 unspecified atom stereocenters. The van der Waals surface area contributed by atoms with E-state index >= 15 is 0 Å². The third kappa shape index (κ3) is 3.86. The molecular formula is C18H20F3N3O. The number of carbonyl (C=O) groups is 1. The van der Waals surface area contributed by atoms with E-state index in [1.54, 1.807) is 7.05 Å². The van der Waals surface area contributed by atoms with E-state index in [9.17, 15) is 18.0 Å². The number of likely N-dealkylation sites (N-methyl/N-ethyl adjacent to an activating group) is 1. The first kappa shape index (κ1) is 17.5. The lowest BCUT2D eigenvalue weighted by atomic mass is 9.95. The van der Waals surface area contributed by atoms with Crippen LogP contribution in [0, 0.1) is 0 Å². The van der Waals surface area contributed by atoms with Gasteiger partial charge in [0, 0.05) is 24.8 Å². The van der Waals surface area contributed by atoms with Crippen LogP contribution in [0.25, 0.3) is 0 Å². The SMILES string of the molecule is CN(Cc1ccccc1)C(=O)Cn1nc(C(F)(F)F)c2c1CCCC2. The molecule has 0 aliphatic heterocycles. The van der Waals surface area contributed by atoms with Gasteiger partial charge in [-0.25, -0.2) is 0 Å². The second-order valence-electron chi connectivity index (χ2n) is 6.37. The van der Waals surface area contributed by atoms with Crippen molar-refractivity contribution in [3.05, 3.63) is 52.8 Å². The Kier molecular flexibility index (Phi) is 4.83. The summed E-state index contributed by atoms with van der Waals surface area (Å²) >= 11 is 0. The molecule has 25 heavy (non-hydrogen) atoms. The van der Waals surface area contributed by atoms with Crippen LogP contribution in [0.3, 0.4) is 0 Å². The highest BCUT2D eigenvalue weighted by Gasteiger charge is 2.39. The average Bonchev–Trinajstić information content (AvgIpc) is 2.95. The number of rotatable bonds is 4. The number of amides is 1. The molecule has 0 saturated carbocycles. The smallest absolute Gasteiger partial charge is 0.340 e. The van der Waals surface area contributed by atoms with Gasteiger partial charge in [-0.2, -0.15) is 18.3 Å². The van der Waals surface area contributed by atoms with Gasteiger partial charge in [-0.15, -0.1) is 0 Å². The summed E-state index contributed by atoms with van der Waals surface area (Å²) in [6.07, 6.45) is -2.02. The molecule has 1 amide bonds. The summed E-state index contributed by atoms with van der Waals surface area (Å²) in [7, 11) is 1.65. The Hall–Kier alpha value is -2.31. The zero-order chi connectivity index (χ0) is 18.0. The van der Waals surface area contributed by atoms with Gasteiger partial charge in [0.15, 0.2) is 5.69 Å². The molecule has 1 aliphatic carbocycles. The number of alkyl halides is 3. The van der Waals surface area contributed by atoms with Crippen LogP contribution in [-0.2, 0) is 36.9 Å². The number of benzene rings is 1. The molecule has 0 bridgehead atoms. The van der Waals surface area contributed by atoms with Crippen LogP contribution < -0.4 is 0 Å². The molecule has 0 N–H and O–H groups in total. The molecule has 0 spiro atoms. The molecule has 4 nitrogen and oxygen atoms in total. The number of hydrogen-bond acceptors (Lipinski definition) is 2. The van der Waals surface area contributed by atoms with E-state index in [1.807, 2.05) is 30.3 Å². The van der Waals surface area contributed by atoms with Gasteiger partial charge in [0.2, 0.25) is 5.91 Å². The molecule has 1 aromatic heterocycles. The van der Waals surface area contributed by atoms with Gasteiger partial charge in [-0.1, -0.05) is 30.3 Å². The minimum atomic E-state index is -4.48. The standard InChI is InChI=1S/C18H20F3N3O/c1-23(11-13-7-3-2-4-8-13)16(25)12-24-15-10-6-5-9-14(15)17(22-24)18(19,20)21/h2-4,7-8H,5-6,9-12H2,1H3. The van der Waals surface area contributed by atoms with E-state index < -0.39 is 11.9 Å². The maximum Gasteiger partial charge on any atom is 0.435 e. The van der Waals surface area contributed by atoms with E-state index in [0.717, 1.165) is 18.4 Å². The fourth-order valence-electron chi connectivity index (χ4n) is 3.22. The quantitative estimate of drug-likeness (QED) is 0.846.